The molecule has 0 bridgehead atoms. The van der Waals surface area contributed by atoms with Crippen LogP contribution in [0.1, 0.15) is 28.0 Å². The Morgan fingerprint density at radius 3 is 2.83 bits per heavy atom. The molecule has 0 unspecified atom stereocenters. The molecule has 0 spiro atoms. The van der Waals surface area contributed by atoms with Crippen LogP contribution in [-0.4, -0.2) is 30.5 Å². The minimum atomic E-state index is -0.244. The molecule has 1 saturated heterocycles. The number of pyridine rings is 1. The van der Waals surface area contributed by atoms with Crippen LogP contribution in [0.15, 0.2) is 41.2 Å². The lowest BCUT2D eigenvalue weighted by atomic mass is 10.1. The quantitative estimate of drug-likeness (QED) is 0.906. The molecular formula is C19H23N3O2. The Hall–Kier alpha value is -2.56. The van der Waals surface area contributed by atoms with E-state index in [2.05, 4.69) is 46.4 Å². The van der Waals surface area contributed by atoms with Gasteiger partial charge in [0.25, 0.3) is 5.91 Å². The highest BCUT2D eigenvalue weighted by molar-refractivity contribution is 5.94. The van der Waals surface area contributed by atoms with Crippen molar-refractivity contribution in [2.75, 3.05) is 24.5 Å². The number of H-pyrrole nitrogens is 1. The molecule has 3 rings (SSSR count). The summed E-state index contributed by atoms with van der Waals surface area (Å²) in [7, 11) is 0. The summed E-state index contributed by atoms with van der Waals surface area (Å²) in [5, 5.41) is 2.96. The summed E-state index contributed by atoms with van der Waals surface area (Å²) < 4.78 is 0. The molecule has 1 atom stereocenters. The first-order valence-corrected chi connectivity index (χ1v) is 8.32. The van der Waals surface area contributed by atoms with Crippen LogP contribution in [0.3, 0.4) is 0 Å². The van der Waals surface area contributed by atoms with E-state index in [0.717, 1.165) is 19.5 Å². The third-order valence-corrected chi connectivity index (χ3v) is 4.53. The Morgan fingerprint density at radius 2 is 2.08 bits per heavy atom. The van der Waals surface area contributed by atoms with Crippen LogP contribution in [-0.2, 0) is 0 Å². The van der Waals surface area contributed by atoms with E-state index in [1.54, 1.807) is 13.0 Å². The molecule has 0 radical (unpaired) electrons. The Bertz CT molecular complexity index is 797. The third kappa shape index (κ3) is 3.67. The monoisotopic (exact) mass is 325 g/mol. The van der Waals surface area contributed by atoms with Crippen molar-refractivity contribution in [3.63, 3.8) is 0 Å². The number of para-hydroxylation sites is 1. The number of hydrogen-bond donors (Lipinski definition) is 2. The maximum absolute atomic E-state index is 12.2. The number of carbonyl (C=O) groups is 1. The predicted molar refractivity (Wildman–Crippen MR) is 95.6 cm³/mol. The van der Waals surface area contributed by atoms with Crippen LogP contribution in [0.2, 0.25) is 0 Å². The number of aromatic nitrogens is 1. The molecule has 1 aliphatic heterocycles. The van der Waals surface area contributed by atoms with Crippen LogP contribution in [0.4, 0.5) is 5.69 Å². The number of rotatable bonds is 4. The van der Waals surface area contributed by atoms with Crippen molar-refractivity contribution in [2.45, 2.75) is 20.3 Å². The number of nitrogens with zero attached hydrogens (tertiary/aromatic N) is 1. The van der Waals surface area contributed by atoms with Gasteiger partial charge in [-0.3, -0.25) is 9.59 Å². The molecule has 1 amide bonds. The van der Waals surface area contributed by atoms with Gasteiger partial charge in [0, 0.05) is 42.6 Å². The minimum absolute atomic E-state index is 0.182. The van der Waals surface area contributed by atoms with Crippen LogP contribution in [0, 0.1) is 19.8 Å². The molecule has 0 saturated carbocycles. The Kier molecular flexibility index (Phi) is 4.69. The molecule has 1 aliphatic rings. The van der Waals surface area contributed by atoms with Gasteiger partial charge in [0.2, 0.25) is 5.56 Å². The fourth-order valence-corrected chi connectivity index (χ4v) is 3.29. The van der Waals surface area contributed by atoms with E-state index in [9.17, 15) is 9.59 Å². The number of benzene rings is 1. The number of carbonyl (C=O) groups excluding carboxylic acids is 1. The van der Waals surface area contributed by atoms with Gasteiger partial charge in [0.05, 0.1) is 0 Å². The zero-order chi connectivity index (χ0) is 17.1. The van der Waals surface area contributed by atoms with Gasteiger partial charge in [-0.05, 0) is 43.9 Å². The Labute approximate surface area is 141 Å². The first-order valence-electron chi connectivity index (χ1n) is 8.32. The van der Waals surface area contributed by atoms with Gasteiger partial charge >= 0.3 is 0 Å². The maximum Gasteiger partial charge on any atom is 0.251 e. The molecule has 0 aliphatic carbocycles. The molecule has 24 heavy (non-hydrogen) atoms. The van der Waals surface area contributed by atoms with Crippen molar-refractivity contribution in [3.05, 3.63) is 63.6 Å². The van der Waals surface area contributed by atoms with Crippen molar-refractivity contribution in [1.29, 1.82) is 0 Å². The molecular weight excluding hydrogens is 302 g/mol. The van der Waals surface area contributed by atoms with Crippen molar-refractivity contribution >= 4 is 11.6 Å². The highest BCUT2D eigenvalue weighted by Gasteiger charge is 2.24. The highest BCUT2D eigenvalue weighted by Crippen LogP contribution is 2.26. The SMILES string of the molecule is Cc1cc(C(=O)NC[C@H]2CCN(c3ccccc3C)C2)cc(=O)[nH]1. The van der Waals surface area contributed by atoms with Crippen molar-refractivity contribution in [1.82, 2.24) is 10.3 Å². The topological polar surface area (TPSA) is 65.2 Å². The summed E-state index contributed by atoms with van der Waals surface area (Å²) in [6, 6.07) is 11.4. The number of amides is 1. The Morgan fingerprint density at radius 1 is 1.29 bits per heavy atom. The lowest BCUT2D eigenvalue weighted by molar-refractivity contribution is 0.0948. The standard InChI is InChI=1S/C19H23N3O2/c1-13-5-3-4-6-17(13)22-8-7-15(12-22)11-20-19(24)16-9-14(2)21-18(23)10-16/h3-6,9-10,15H,7-8,11-12H2,1-2H3,(H,20,24)(H,21,23)/t15-/m1/s1. The largest absolute Gasteiger partial charge is 0.371 e. The van der Waals surface area contributed by atoms with Crippen LogP contribution < -0.4 is 15.8 Å². The smallest absolute Gasteiger partial charge is 0.251 e. The van der Waals surface area contributed by atoms with Crippen molar-refractivity contribution in [2.24, 2.45) is 5.92 Å². The van der Waals surface area contributed by atoms with E-state index < -0.39 is 0 Å². The third-order valence-electron chi connectivity index (χ3n) is 4.53. The summed E-state index contributed by atoms with van der Waals surface area (Å²) in [6.45, 7) is 6.48. The van der Waals surface area contributed by atoms with E-state index in [0.29, 0.717) is 23.7 Å². The van der Waals surface area contributed by atoms with Gasteiger partial charge in [-0.2, -0.15) is 0 Å². The lowest BCUT2D eigenvalue weighted by Crippen LogP contribution is -2.31. The average Bonchev–Trinajstić information content (AvgIpc) is 3.01. The number of aromatic amines is 1. The first-order chi connectivity index (χ1) is 11.5. The van der Waals surface area contributed by atoms with Crippen molar-refractivity contribution in [3.8, 4) is 0 Å². The van der Waals surface area contributed by atoms with E-state index in [-0.39, 0.29) is 11.5 Å². The van der Waals surface area contributed by atoms with Crippen LogP contribution in [0.25, 0.3) is 0 Å². The molecule has 126 valence electrons. The molecule has 1 aromatic carbocycles. The molecule has 2 N–H and O–H groups in total. The lowest BCUT2D eigenvalue weighted by Gasteiger charge is -2.21. The number of hydrogen-bond acceptors (Lipinski definition) is 3. The Balaban J connectivity index is 1.57. The summed E-state index contributed by atoms with van der Waals surface area (Å²) in [5.74, 6) is 0.246. The summed E-state index contributed by atoms with van der Waals surface area (Å²) in [5.41, 5.74) is 3.42. The van der Waals surface area contributed by atoms with E-state index >= 15 is 0 Å². The predicted octanol–water partition coefficient (Wildman–Crippen LogP) is 2.25. The number of nitrogens with one attached hydrogen (secondary N) is 2. The molecule has 5 nitrogen and oxygen atoms in total. The summed E-state index contributed by atoms with van der Waals surface area (Å²) in [6.07, 6.45) is 1.06. The minimum Gasteiger partial charge on any atom is -0.371 e. The van der Waals surface area contributed by atoms with Crippen LogP contribution in [0.5, 0.6) is 0 Å². The van der Waals surface area contributed by atoms with Gasteiger partial charge in [0.15, 0.2) is 0 Å². The highest BCUT2D eigenvalue weighted by atomic mass is 16.2. The number of aryl methyl sites for hydroxylation is 2. The molecule has 1 aromatic heterocycles. The van der Waals surface area contributed by atoms with E-state index in [1.807, 2.05) is 0 Å². The first kappa shape index (κ1) is 16.3. The zero-order valence-corrected chi connectivity index (χ0v) is 14.1. The number of anilines is 1. The maximum atomic E-state index is 12.2. The molecule has 5 heteroatoms. The van der Waals surface area contributed by atoms with Crippen molar-refractivity contribution < 1.29 is 4.79 Å². The van der Waals surface area contributed by atoms with Gasteiger partial charge < -0.3 is 15.2 Å². The molecule has 1 fully saturated rings. The summed E-state index contributed by atoms with van der Waals surface area (Å²) >= 11 is 0. The van der Waals surface area contributed by atoms with Gasteiger partial charge in [-0.25, -0.2) is 0 Å². The van der Waals surface area contributed by atoms with Gasteiger partial charge in [0.1, 0.15) is 0 Å². The second-order valence-electron chi connectivity index (χ2n) is 6.51. The van der Waals surface area contributed by atoms with Crippen LogP contribution >= 0.6 is 0 Å². The average molecular weight is 325 g/mol. The van der Waals surface area contributed by atoms with E-state index in [4.69, 9.17) is 0 Å². The fourth-order valence-electron chi connectivity index (χ4n) is 3.29. The molecule has 2 aromatic rings. The fraction of sp³-hybridized carbons (Fsp3) is 0.368. The molecule has 2 heterocycles. The van der Waals surface area contributed by atoms with E-state index in [1.165, 1.54) is 17.3 Å². The second kappa shape index (κ2) is 6.91. The van der Waals surface area contributed by atoms with Gasteiger partial charge in [-0.1, -0.05) is 18.2 Å². The zero-order valence-electron chi connectivity index (χ0n) is 14.1. The second-order valence-corrected chi connectivity index (χ2v) is 6.51. The van der Waals surface area contributed by atoms with Gasteiger partial charge in [-0.15, -0.1) is 0 Å². The normalized spacial score (nSPS) is 17.1. The summed E-state index contributed by atoms with van der Waals surface area (Å²) in [4.78, 5) is 28.7.